The Morgan fingerprint density at radius 3 is 3.00 bits per heavy atom. The average Bonchev–Trinajstić information content (AvgIpc) is 3.09. The van der Waals surface area contributed by atoms with Gasteiger partial charge in [0.2, 0.25) is 0 Å². The van der Waals surface area contributed by atoms with Crippen molar-refractivity contribution in [3.8, 4) is 5.69 Å². The topological polar surface area (TPSA) is 70.4 Å². The average molecular weight is 300 g/mol. The van der Waals surface area contributed by atoms with E-state index >= 15 is 0 Å². The first-order valence-corrected chi connectivity index (χ1v) is 7.54. The van der Waals surface area contributed by atoms with Crippen molar-refractivity contribution in [2.24, 2.45) is 5.92 Å². The number of aliphatic hydroxyl groups is 1. The van der Waals surface area contributed by atoms with Crippen LogP contribution in [0.2, 0.25) is 0 Å². The van der Waals surface area contributed by atoms with E-state index in [4.69, 9.17) is 0 Å². The van der Waals surface area contributed by atoms with E-state index < -0.39 is 0 Å². The molecule has 6 nitrogen and oxygen atoms in total. The molecule has 3 rings (SSSR count). The van der Waals surface area contributed by atoms with Crippen LogP contribution in [0.4, 0.5) is 10.5 Å². The van der Waals surface area contributed by atoms with Gasteiger partial charge in [0.15, 0.2) is 0 Å². The summed E-state index contributed by atoms with van der Waals surface area (Å²) in [5, 5.41) is 16.4. The molecule has 1 aromatic carbocycles. The summed E-state index contributed by atoms with van der Waals surface area (Å²) in [6, 6.07) is 9.29. The minimum absolute atomic E-state index is 0.127. The van der Waals surface area contributed by atoms with Crippen LogP contribution in [0.3, 0.4) is 0 Å². The van der Waals surface area contributed by atoms with Crippen molar-refractivity contribution in [2.75, 3.05) is 25.0 Å². The lowest BCUT2D eigenvalue weighted by atomic mass is 9.99. The van der Waals surface area contributed by atoms with Crippen molar-refractivity contribution in [1.29, 1.82) is 0 Å². The van der Waals surface area contributed by atoms with E-state index in [1.807, 2.05) is 36.5 Å². The quantitative estimate of drug-likeness (QED) is 0.912. The highest BCUT2D eigenvalue weighted by molar-refractivity contribution is 5.91. The van der Waals surface area contributed by atoms with Crippen LogP contribution in [0.25, 0.3) is 5.69 Å². The summed E-state index contributed by atoms with van der Waals surface area (Å²) >= 11 is 0. The molecular weight excluding hydrogens is 280 g/mol. The minimum atomic E-state index is -0.127. The highest BCUT2D eigenvalue weighted by Crippen LogP contribution is 2.21. The second kappa shape index (κ2) is 6.62. The molecule has 2 aromatic rings. The number of aromatic nitrogens is 2. The van der Waals surface area contributed by atoms with E-state index in [0.29, 0.717) is 6.54 Å². The molecule has 2 heterocycles. The summed E-state index contributed by atoms with van der Waals surface area (Å²) in [6.45, 7) is 1.46. The van der Waals surface area contributed by atoms with Crippen molar-refractivity contribution in [3.05, 3.63) is 42.7 Å². The number of urea groups is 1. The Labute approximate surface area is 129 Å². The van der Waals surface area contributed by atoms with Crippen LogP contribution in [0.15, 0.2) is 42.7 Å². The number of piperidine rings is 1. The van der Waals surface area contributed by atoms with Crippen LogP contribution in [-0.2, 0) is 0 Å². The number of carbonyl (C=O) groups excluding carboxylic acids is 1. The molecule has 0 spiro atoms. The molecule has 1 aliphatic heterocycles. The standard InChI is InChI=1S/C16H20N4O2/c21-12-13-5-3-9-19(11-13)16(22)18-14-6-1-2-7-15(14)20-10-4-8-17-20/h1-2,4,6-8,10,13,21H,3,5,9,11-12H2,(H,18,22). The molecule has 1 unspecified atom stereocenters. The van der Waals surface area contributed by atoms with Gasteiger partial charge in [0.25, 0.3) is 0 Å². The second-order valence-corrected chi connectivity index (χ2v) is 5.53. The van der Waals surface area contributed by atoms with Crippen molar-refractivity contribution in [1.82, 2.24) is 14.7 Å². The fraction of sp³-hybridized carbons (Fsp3) is 0.375. The lowest BCUT2D eigenvalue weighted by Crippen LogP contribution is -2.43. The van der Waals surface area contributed by atoms with E-state index in [1.165, 1.54) is 0 Å². The van der Waals surface area contributed by atoms with Gasteiger partial charge in [0, 0.05) is 32.1 Å². The number of likely N-dealkylation sites (tertiary alicyclic amines) is 1. The van der Waals surface area contributed by atoms with Gasteiger partial charge in [0.1, 0.15) is 0 Å². The molecule has 0 saturated carbocycles. The molecule has 0 aliphatic carbocycles. The van der Waals surface area contributed by atoms with Crippen LogP contribution in [0.5, 0.6) is 0 Å². The molecule has 6 heteroatoms. The zero-order valence-electron chi connectivity index (χ0n) is 12.4. The Bertz CT molecular complexity index is 627. The normalized spacial score (nSPS) is 18.2. The second-order valence-electron chi connectivity index (χ2n) is 5.53. The van der Waals surface area contributed by atoms with Gasteiger partial charge >= 0.3 is 6.03 Å². The number of amides is 2. The fourth-order valence-electron chi connectivity index (χ4n) is 2.78. The predicted molar refractivity (Wildman–Crippen MR) is 84.0 cm³/mol. The van der Waals surface area contributed by atoms with Crippen LogP contribution in [0.1, 0.15) is 12.8 Å². The molecular formula is C16H20N4O2. The third-order valence-electron chi connectivity index (χ3n) is 3.96. The zero-order valence-corrected chi connectivity index (χ0v) is 12.4. The molecule has 0 radical (unpaired) electrons. The van der Waals surface area contributed by atoms with Crippen molar-refractivity contribution < 1.29 is 9.90 Å². The van der Waals surface area contributed by atoms with Gasteiger partial charge in [0.05, 0.1) is 11.4 Å². The molecule has 0 bridgehead atoms. The maximum absolute atomic E-state index is 12.5. The number of benzene rings is 1. The van der Waals surface area contributed by atoms with Gasteiger partial charge in [-0.25, -0.2) is 9.48 Å². The molecule has 1 saturated heterocycles. The summed E-state index contributed by atoms with van der Waals surface area (Å²) in [5.74, 6) is 0.181. The van der Waals surface area contributed by atoms with Crippen LogP contribution in [0, 0.1) is 5.92 Å². The Morgan fingerprint density at radius 1 is 1.36 bits per heavy atom. The van der Waals surface area contributed by atoms with Crippen LogP contribution in [-0.4, -0.2) is 45.5 Å². The van der Waals surface area contributed by atoms with Gasteiger partial charge in [-0.1, -0.05) is 12.1 Å². The van der Waals surface area contributed by atoms with Gasteiger partial charge in [-0.15, -0.1) is 0 Å². The van der Waals surface area contributed by atoms with E-state index in [-0.39, 0.29) is 18.6 Å². The van der Waals surface area contributed by atoms with E-state index in [1.54, 1.807) is 15.8 Å². The molecule has 1 aliphatic rings. The molecule has 22 heavy (non-hydrogen) atoms. The number of para-hydroxylation sites is 2. The number of anilines is 1. The lowest BCUT2D eigenvalue weighted by Gasteiger charge is -2.32. The third-order valence-corrected chi connectivity index (χ3v) is 3.96. The van der Waals surface area contributed by atoms with Crippen molar-refractivity contribution >= 4 is 11.7 Å². The van der Waals surface area contributed by atoms with Crippen molar-refractivity contribution in [3.63, 3.8) is 0 Å². The van der Waals surface area contributed by atoms with E-state index in [2.05, 4.69) is 10.4 Å². The summed E-state index contributed by atoms with van der Waals surface area (Å²) < 4.78 is 1.72. The van der Waals surface area contributed by atoms with Gasteiger partial charge in [-0.05, 0) is 37.0 Å². The molecule has 2 amide bonds. The van der Waals surface area contributed by atoms with Crippen molar-refractivity contribution in [2.45, 2.75) is 12.8 Å². The fourth-order valence-corrected chi connectivity index (χ4v) is 2.78. The number of hydrogen-bond acceptors (Lipinski definition) is 3. The Balaban J connectivity index is 1.74. The highest BCUT2D eigenvalue weighted by atomic mass is 16.3. The lowest BCUT2D eigenvalue weighted by molar-refractivity contribution is 0.136. The largest absolute Gasteiger partial charge is 0.396 e. The molecule has 1 atom stereocenters. The Hall–Kier alpha value is -2.34. The number of nitrogens with zero attached hydrogens (tertiary/aromatic N) is 3. The summed E-state index contributed by atoms with van der Waals surface area (Å²) in [5.41, 5.74) is 1.55. The van der Waals surface area contributed by atoms with Gasteiger partial charge < -0.3 is 15.3 Å². The highest BCUT2D eigenvalue weighted by Gasteiger charge is 2.23. The molecule has 2 N–H and O–H groups in total. The SMILES string of the molecule is O=C(Nc1ccccc1-n1cccn1)N1CCCC(CO)C1. The maximum Gasteiger partial charge on any atom is 0.321 e. The Morgan fingerprint density at radius 2 is 2.23 bits per heavy atom. The molecule has 116 valence electrons. The maximum atomic E-state index is 12.5. The number of carbonyl (C=O) groups is 1. The third kappa shape index (κ3) is 3.12. The van der Waals surface area contributed by atoms with Crippen LogP contribution >= 0.6 is 0 Å². The summed E-state index contributed by atoms with van der Waals surface area (Å²) in [7, 11) is 0. The number of aliphatic hydroxyl groups excluding tert-OH is 1. The van der Waals surface area contributed by atoms with Gasteiger partial charge in [-0.2, -0.15) is 5.10 Å². The van der Waals surface area contributed by atoms with Gasteiger partial charge in [-0.3, -0.25) is 0 Å². The number of rotatable bonds is 3. The summed E-state index contributed by atoms with van der Waals surface area (Å²) in [4.78, 5) is 14.2. The number of nitrogens with one attached hydrogen (secondary N) is 1. The monoisotopic (exact) mass is 300 g/mol. The first-order valence-electron chi connectivity index (χ1n) is 7.54. The summed E-state index contributed by atoms with van der Waals surface area (Å²) in [6.07, 6.45) is 5.45. The number of hydrogen-bond donors (Lipinski definition) is 2. The predicted octanol–water partition coefficient (Wildman–Crippen LogP) is 2.11. The first kappa shape index (κ1) is 14.6. The molecule has 1 fully saturated rings. The Kier molecular flexibility index (Phi) is 4.39. The minimum Gasteiger partial charge on any atom is -0.396 e. The molecule has 1 aromatic heterocycles. The van der Waals surface area contributed by atoms with E-state index in [9.17, 15) is 9.90 Å². The first-order chi connectivity index (χ1) is 10.8. The zero-order chi connectivity index (χ0) is 15.4. The smallest absolute Gasteiger partial charge is 0.321 e. The van der Waals surface area contributed by atoms with Crippen LogP contribution < -0.4 is 5.32 Å². The van der Waals surface area contributed by atoms with E-state index in [0.717, 1.165) is 30.8 Å².